The number of hydrogen-bond donors (Lipinski definition) is 0. The maximum atomic E-state index is 12.0. The van der Waals surface area contributed by atoms with Crippen molar-refractivity contribution in [1.29, 1.82) is 0 Å². The van der Waals surface area contributed by atoms with Gasteiger partial charge in [-0.2, -0.15) is 0 Å². The average Bonchev–Trinajstić information content (AvgIpc) is 2.25. The quantitative estimate of drug-likeness (QED) is 0.377. The Bertz CT molecular complexity index is 290. The minimum absolute atomic E-state index is 0.0936. The highest BCUT2D eigenvalue weighted by Gasteiger charge is 2.48. The molecule has 0 fully saturated rings. The number of alkyl halides is 2. The van der Waals surface area contributed by atoms with E-state index in [1.165, 1.54) is 0 Å². The number of ether oxygens (including phenoxy) is 1. The van der Waals surface area contributed by atoms with Crippen LogP contribution in [0.15, 0.2) is 0 Å². The van der Waals surface area contributed by atoms with E-state index in [4.69, 9.17) is 32.4 Å². The number of hydrogen-bond acceptors (Lipinski definition) is 3. The van der Waals surface area contributed by atoms with E-state index in [1.807, 2.05) is 26.6 Å². The molecule has 0 aliphatic heterocycles. The average molecular weight is 329 g/mol. The van der Waals surface area contributed by atoms with Crippen LogP contribution in [0.2, 0.25) is 19.6 Å². The first-order valence-electron chi connectivity index (χ1n) is 6.79. The lowest BCUT2D eigenvalue weighted by atomic mass is 9.96. The Hall–Kier alpha value is 0.227. The largest absolute Gasteiger partial charge is 0.464 e. The van der Waals surface area contributed by atoms with Crippen molar-refractivity contribution in [3.63, 3.8) is 0 Å². The molecular weight excluding hydrogens is 303 g/mol. The number of esters is 1. The van der Waals surface area contributed by atoms with Gasteiger partial charge in [-0.3, -0.25) is 0 Å². The van der Waals surface area contributed by atoms with Gasteiger partial charge < -0.3 is 9.16 Å². The van der Waals surface area contributed by atoms with Crippen molar-refractivity contribution in [3.8, 4) is 0 Å². The highest BCUT2D eigenvalue weighted by molar-refractivity contribution is 6.70. The molecule has 0 bridgehead atoms. The summed E-state index contributed by atoms with van der Waals surface area (Å²) < 4.78 is 9.37. The maximum Gasteiger partial charge on any atom is 0.345 e. The number of rotatable bonds is 8. The Labute approximate surface area is 128 Å². The summed E-state index contributed by atoms with van der Waals surface area (Å²) in [7, 11) is -1.87. The molecular formula is C13H26Cl2O3Si. The number of halogens is 2. The van der Waals surface area contributed by atoms with Crippen molar-refractivity contribution >= 4 is 37.5 Å². The SMILES string of the molecule is CCCC(C)C(O[Si](C)(C)C)C(Cl)(Cl)C(=O)OCC. The Morgan fingerprint density at radius 3 is 2.16 bits per heavy atom. The highest BCUT2D eigenvalue weighted by atomic mass is 35.5. The van der Waals surface area contributed by atoms with Crippen molar-refractivity contribution in [1.82, 2.24) is 0 Å². The smallest absolute Gasteiger partial charge is 0.345 e. The third-order valence-corrected chi connectivity index (χ3v) is 4.35. The highest BCUT2D eigenvalue weighted by Crippen LogP contribution is 2.37. The monoisotopic (exact) mass is 328 g/mol. The van der Waals surface area contributed by atoms with Gasteiger partial charge in [-0.25, -0.2) is 4.79 Å². The molecule has 0 heterocycles. The first-order chi connectivity index (χ1) is 8.56. The summed E-state index contributed by atoms with van der Waals surface area (Å²) in [6.45, 7) is 12.2. The minimum Gasteiger partial charge on any atom is -0.464 e. The fourth-order valence-electron chi connectivity index (χ4n) is 1.88. The van der Waals surface area contributed by atoms with E-state index in [9.17, 15) is 4.79 Å². The van der Waals surface area contributed by atoms with Gasteiger partial charge in [0.05, 0.1) is 12.7 Å². The molecule has 0 saturated heterocycles. The molecule has 2 atom stereocenters. The summed E-state index contributed by atoms with van der Waals surface area (Å²) in [5.74, 6) is -0.527. The van der Waals surface area contributed by atoms with Crippen LogP contribution in [0.25, 0.3) is 0 Å². The van der Waals surface area contributed by atoms with Crippen molar-refractivity contribution in [3.05, 3.63) is 0 Å². The summed E-state index contributed by atoms with van der Waals surface area (Å²) in [5.41, 5.74) is 0. The molecule has 0 saturated carbocycles. The molecule has 0 N–H and O–H groups in total. The van der Waals surface area contributed by atoms with E-state index >= 15 is 0 Å². The van der Waals surface area contributed by atoms with Crippen LogP contribution in [0.5, 0.6) is 0 Å². The minimum atomic E-state index is -1.87. The molecule has 19 heavy (non-hydrogen) atoms. The van der Waals surface area contributed by atoms with Crippen molar-refractivity contribution < 1.29 is 14.0 Å². The van der Waals surface area contributed by atoms with Crippen LogP contribution in [0, 0.1) is 5.92 Å². The standard InChI is InChI=1S/C13H26Cl2O3Si/c1-7-9-10(3)11(18-19(4,5)6)13(14,15)12(16)17-8-2/h10-11H,7-9H2,1-6H3. The van der Waals surface area contributed by atoms with Gasteiger partial charge in [-0.1, -0.05) is 43.5 Å². The molecule has 0 spiro atoms. The molecule has 0 amide bonds. The zero-order valence-corrected chi connectivity index (χ0v) is 15.3. The summed E-state index contributed by atoms with van der Waals surface area (Å²) in [4.78, 5) is 12.0. The van der Waals surface area contributed by atoms with E-state index in [0.29, 0.717) is 0 Å². The Morgan fingerprint density at radius 1 is 1.26 bits per heavy atom. The zero-order chi connectivity index (χ0) is 15.3. The second kappa shape index (κ2) is 7.86. The number of carbonyl (C=O) groups excluding carboxylic acids is 1. The third kappa shape index (κ3) is 6.47. The summed E-state index contributed by atoms with van der Waals surface area (Å²) >= 11 is 12.5. The van der Waals surface area contributed by atoms with Gasteiger partial charge in [-0.05, 0) is 38.9 Å². The lowest BCUT2D eigenvalue weighted by Gasteiger charge is -2.37. The van der Waals surface area contributed by atoms with Crippen molar-refractivity contribution in [2.24, 2.45) is 5.92 Å². The Balaban J connectivity index is 5.15. The fraction of sp³-hybridized carbons (Fsp3) is 0.923. The van der Waals surface area contributed by atoms with Crippen molar-refractivity contribution in [2.75, 3.05) is 6.61 Å². The van der Waals surface area contributed by atoms with Crippen LogP contribution in [0.4, 0.5) is 0 Å². The molecule has 0 aromatic rings. The first-order valence-corrected chi connectivity index (χ1v) is 11.0. The summed E-state index contributed by atoms with van der Waals surface area (Å²) in [6, 6.07) is 0. The predicted molar refractivity (Wildman–Crippen MR) is 83.4 cm³/mol. The topological polar surface area (TPSA) is 35.5 Å². The van der Waals surface area contributed by atoms with E-state index in [-0.39, 0.29) is 12.5 Å². The van der Waals surface area contributed by atoms with Gasteiger partial charge in [0.1, 0.15) is 0 Å². The Kier molecular flexibility index (Phi) is 7.96. The second-order valence-electron chi connectivity index (χ2n) is 5.76. The first kappa shape index (κ1) is 19.2. The van der Waals surface area contributed by atoms with E-state index < -0.39 is 24.7 Å². The fourth-order valence-corrected chi connectivity index (χ4v) is 3.83. The molecule has 3 nitrogen and oxygen atoms in total. The van der Waals surface area contributed by atoms with E-state index in [1.54, 1.807) is 6.92 Å². The molecule has 0 aromatic heterocycles. The number of carbonyl (C=O) groups is 1. The van der Waals surface area contributed by atoms with Crippen molar-refractivity contribution in [2.45, 2.75) is 63.7 Å². The van der Waals surface area contributed by atoms with Gasteiger partial charge in [0.25, 0.3) is 0 Å². The van der Waals surface area contributed by atoms with E-state index in [0.717, 1.165) is 12.8 Å². The van der Waals surface area contributed by atoms with Crippen LogP contribution < -0.4 is 0 Å². The van der Waals surface area contributed by atoms with Gasteiger partial charge >= 0.3 is 5.97 Å². The summed E-state index contributed by atoms with van der Waals surface area (Å²) in [5, 5.41) is 0. The lowest BCUT2D eigenvalue weighted by molar-refractivity contribution is -0.146. The zero-order valence-electron chi connectivity index (χ0n) is 12.8. The third-order valence-electron chi connectivity index (χ3n) is 2.65. The molecule has 0 rings (SSSR count). The van der Waals surface area contributed by atoms with Gasteiger partial charge in [0.2, 0.25) is 4.33 Å². The molecule has 6 heteroatoms. The van der Waals surface area contributed by atoms with Crippen LogP contribution >= 0.6 is 23.2 Å². The molecule has 2 unspecified atom stereocenters. The molecule has 0 radical (unpaired) electrons. The molecule has 0 aliphatic carbocycles. The Morgan fingerprint density at radius 2 is 1.79 bits per heavy atom. The molecule has 114 valence electrons. The predicted octanol–water partition coefficient (Wildman–Crippen LogP) is 4.38. The van der Waals surface area contributed by atoms with Gasteiger partial charge in [0, 0.05) is 0 Å². The molecule has 0 aliphatic rings. The lowest BCUT2D eigenvalue weighted by Crippen LogP contribution is -2.50. The molecule has 0 aromatic carbocycles. The van der Waals surface area contributed by atoms with Crippen LogP contribution in [0.3, 0.4) is 0 Å². The second-order valence-corrected chi connectivity index (χ2v) is 11.6. The van der Waals surface area contributed by atoms with Crippen LogP contribution in [0.1, 0.15) is 33.6 Å². The van der Waals surface area contributed by atoms with E-state index in [2.05, 4.69) is 6.92 Å². The van der Waals surface area contributed by atoms with Crippen LogP contribution in [-0.4, -0.2) is 31.3 Å². The van der Waals surface area contributed by atoms with Crippen LogP contribution in [-0.2, 0) is 14.0 Å². The maximum absolute atomic E-state index is 12.0. The normalized spacial score (nSPS) is 16.0. The van der Waals surface area contributed by atoms with Gasteiger partial charge in [-0.15, -0.1) is 0 Å². The summed E-state index contributed by atoms with van der Waals surface area (Å²) in [6.07, 6.45) is 1.34. The van der Waals surface area contributed by atoms with Gasteiger partial charge in [0.15, 0.2) is 8.32 Å².